The molecule has 0 bridgehead atoms. The summed E-state index contributed by atoms with van der Waals surface area (Å²) >= 11 is 3.39. The van der Waals surface area contributed by atoms with Crippen molar-refractivity contribution in [1.82, 2.24) is 9.80 Å². The van der Waals surface area contributed by atoms with E-state index in [9.17, 15) is 14.3 Å². The maximum atomic E-state index is 12.9. The summed E-state index contributed by atoms with van der Waals surface area (Å²) < 4.78 is 12.9. The van der Waals surface area contributed by atoms with Crippen LogP contribution in [0.2, 0.25) is 0 Å². The third-order valence-electron chi connectivity index (χ3n) is 3.25. The van der Waals surface area contributed by atoms with Gasteiger partial charge in [-0.3, -0.25) is 9.69 Å². The first-order chi connectivity index (χ1) is 9.11. The van der Waals surface area contributed by atoms with Crippen LogP contribution in [-0.4, -0.2) is 58.9 Å². The van der Waals surface area contributed by atoms with Gasteiger partial charge in [0.15, 0.2) is 0 Å². The topological polar surface area (TPSA) is 43.8 Å². The van der Waals surface area contributed by atoms with Gasteiger partial charge in [-0.15, -0.1) is 0 Å². The lowest BCUT2D eigenvalue weighted by Gasteiger charge is -2.34. The normalized spacial score (nSPS) is 16.6. The van der Waals surface area contributed by atoms with Crippen LogP contribution in [0.3, 0.4) is 0 Å². The second-order valence-corrected chi connectivity index (χ2v) is 5.28. The van der Waals surface area contributed by atoms with Gasteiger partial charge in [-0.1, -0.05) is 15.9 Å². The Morgan fingerprint density at radius 3 is 2.58 bits per heavy atom. The molecule has 1 aromatic carbocycles. The van der Waals surface area contributed by atoms with Crippen molar-refractivity contribution in [3.63, 3.8) is 0 Å². The Morgan fingerprint density at radius 1 is 1.32 bits per heavy atom. The van der Waals surface area contributed by atoms with Gasteiger partial charge in [0, 0.05) is 44.1 Å². The fourth-order valence-electron chi connectivity index (χ4n) is 2.15. The van der Waals surface area contributed by atoms with E-state index in [1.807, 2.05) is 0 Å². The number of aromatic hydroxyl groups is 1. The monoisotopic (exact) mass is 330 g/mol. The minimum absolute atomic E-state index is 0.162. The Bertz CT molecular complexity index is 462. The van der Waals surface area contributed by atoms with E-state index in [4.69, 9.17) is 0 Å². The van der Waals surface area contributed by atoms with E-state index >= 15 is 0 Å². The lowest BCUT2D eigenvalue weighted by atomic mass is 10.1. The summed E-state index contributed by atoms with van der Waals surface area (Å²) in [6.45, 7) is 3.85. The van der Waals surface area contributed by atoms with Crippen LogP contribution in [0.5, 0.6) is 5.75 Å². The quantitative estimate of drug-likeness (QED) is 0.857. The van der Waals surface area contributed by atoms with Crippen molar-refractivity contribution in [2.75, 3.05) is 38.1 Å². The number of piperazine rings is 1. The van der Waals surface area contributed by atoms with Crippen molar-refractivity contribution in [3.8, 4) is 5.75 Å². The molecule has 0 aromatic heterocycles. The van der Waals surface area contributed by atoms with Crippen LogP contribution in [0, 0.1) is 5.82 Å². The molecule has 0 aliphatic carbocycles. The Balaban J connectivity index is 2.01. The first kappa shape index (κ1) is 14.3. The van der Waals surface area contributed by atoms with Gasteiger partial charge in [-0.2, -0.15) is 0 Å². The summed E-state index contributed by atoms with van der Waals surface area (Å²) in [6, 6.07) is 3.49. The van der Waals surface area contributed by atoms with E-state index in [0.29, 0.717) is 13.1 Å². The zero-order valence-corrected chi connectivity index (χ0v) is 12.1. The number of amides is 1. The molecular weight excluding hydrogens is 315 g/mol. The van der Waals surface area contributed by atoms with E-state index in [1.165, 1.54) is 12.1 Å². The molecule has 1 saturated heterocycles. The average molecular weight is 331 g/mol. The molecule has 0 saturated carbocycles. The van der Waals surface area contributed by atoms with E-state index in [-0.39, 0.29) is 17.2 Å². The minimum Gasteiger partial charge on any atom is -0.507 e. The van der Waals surface area contributed by atoms with Crippen LogP contribution in [0.25, 0.3) is 0 Å². The highest BCUT2D eigenvalue weighted by Crippen LogP contribution is 2.20. The second kappa shape index (κ2) is 6.34. The molecule has 6 heteroatoms. The molecule has 1 amide bonds. The number of carbonyl (C=O) groups is 1. The third-order valence-corrected chi connectivity index (χ3v) is 3.61. The molecule has 0 spiro atoms. The van der Waals surface area contributed by atoms with Gasteiger partial charge >= 0.3 is 0 Å². The summed E-state index contributed by atoms with van der Waals surface area (Å²) in [5, 5.41) is 10.5. The van der Waals surface area contributed by atoms with E-state index in [2.05, 4.69) is 20.8 Å². The van der Waals surface area contributed by atoms with Crippen LogP contribution in [0.4, 0.5) is 4.39 Å². The van der Waals surface area contributed by atoms with Gasteiger partial charge in [0.1, 0.15) is 11.6 Å². The predicted molar refractivity (Wildman–Crippen MR) is 74.2 cm³/mol. The molecular formula is C13H16BrFN2O2. The summed E-state index contributed by atoms with van der Waals surface area (Å²) in [5.41, 5.74) is 0.162. The minimum atomic E-state index is -0.545. The molecule has 1 aliphatic heterocycles. The van der Waals surface area contributed by atoms with Crippen LogP contribution in [0.1, 0.15) is 10.4 Å². The molecule has 1 aliphatic rings. The molecule has 2 rings (SSSR count). The lowest BCUT2D eigenvalue weighted by Crippen LogP contribution is -2.49. The molecule has 19 heavy (non-hydrogen) atoms. The highest BCUT2D eigenvalue weighted by Gasteiger charge is 2.23. The van der Waals surface area contributed by atoms with Gasteiger partial charge in [0.05, 0.1) is 5.56 Å². The highest BCUT2D eigenvalue weighted by molar-refractivity contribution is 9.09. The summed E-state index contributed by atoms with van der Waals surface area (Å²) in [4.78, 5) is 16.2. The number of phenols is 1. The molecule has 4 nitrogen and oxygen atoms in total. The van der Waals surface area contributed by atoms with E-state index in [0.717, 1.165) is 31.0 Å². The van der Waals surface area contributed by atoms with Crippen molar-refractivity contribution >= 4 is 21.8 Å². The van der Waals surface area contributed by atoms with Gasteiger partial charge in [-0.25, -0.2) is 4.39 Å². The number of carbonyl (C=O) groups excluding carboxylic acids is 1. The van der Waals surface area contributed by atoms with Gasteiger partial charge < -0.3 is 10.0 Å². The second-order valence-electron chi connectivity index (χ2n) is 4.48. The molecule has 0 unspecified atom stereocenters. The standard InChI is InChI=1S/C13H16BrFN2O2/c14-3-4-16-5-7-17(8-6-16)13(19)11-2-1-10(15)9-12(11)18/h1-2,9,18H,3-8H2. The Kier molecular flexibility index (Phi) is 4.76. The number of benzene rings is 1. The zero-order valence-electron chi connectivity index (χ0n) is 10.5. The number of nitrogens with zero attached hydrogens (tertiary/aromatic N) is 2. The fourth-order valence-corrected chi connectivity index (χ4v) is 2.65. The number of phenolic OH excluding ortho intramolecular Hbond substituents is 1. The first-order valence-corrected chi connectivity index (χ1v) is 7.30. The molecule has 0 atom stereocenters. The number of halogens is 2. The van der Waals surface area contributed by atoms with Crippen LogP contribution < -0.4 is 0 Å². The summed E-state index contributed by atoms with van der Waals surface area (Å²) in [7, 11) is 0. The van der Waals surface area contributed by atoms with Crippen LogP contribution in [0.15, 0.2) is 18.2 Å². The zero-order chi connectivity index (χ0) is 13.8. The fraction of sp³-hybridized carbons (Fsp3) is 0.462. The third kappa shape index (κ3) is 3.45. The maximum Gasteiger partial charge on any atom is 0.257 e. The highest BCUT2D eigenvalue weighted by atomic mass is 79.9. The van der Waals surface area contributed by atoms with Crippen molar-refractivity contribution in [2.45, 2.75) is 0 Å². The number of alkyl halides is 1. The van der Waals surface area contributed by atoms with Gasteiger partial charge in [0.25, 0.3) is 5.91 Å². The number of rotatable bonds is 3. The molecule has 1 N–H and O–H groups in total. The van der Waals surface area contributed by atoms with Crippen molar-refractivity contribution in [3.05, 3.63) is 29.6 Å². The molecule has 1 heterocycles. The maximum absolute atomic E-state index is 12.9. The smallest absolute Gasteiger partial charge is 0.257 e. The Hall–Kier alpha value is -1.14. The molecule has 1 fully saturated rings. The molecule has 104 valence electrons. The Labute approximate surface area is 119 Å². The van der Waals surface area contributed by atoms with E-state index < -0.39 is 5.82 Å². The molecule has 0 radical (unpaired) electrons. The first-order valence-electron chi connectivity index (χ1n) is 6.18. The summed E-state index contributed by atoms with van der Waals surface area (Å²) in [6.07, 6.45) is 0. The van der Waals surface area contributed by atoms with Crippen molar-refractivity contribution < 1.29 is 14.3 Å². The van der Waals surface area contributed by atoms with Crippen molar-refractivity contribution in [1.29, 1.82) is 0 Å². The van der Waals surface area contributed by atoms with Crippen LogP contribution >= 0.6 is 15.9 Å². The van der Waals surface area contributed by atoms with Gasteiger partial charge in [-0.05, 0) is 12.1 Å². The average Bonchev–Trinajstić information content (AvgIpc) is 2.39. The number of hydrogen-bond acceptors (Lipinski definition) is 3. The predicted octanol–water partition coefficient (Wildman–Crippen LogP) is 1.68. The van der Waals surface area contributed by atoms with Crippen molar-refractivity contribution in [2.24, 2.45) is 0 Å². The van der Waals surface area contributed by atoms with Gasteiger partial charge in [0.2, 0.25) is 0 Å². The number of hydrogen-bond donors (Lipinski definition) is 1. The SMILES string of the molecule is O=C(c1ccc(F)cc1O)N1CCN(CCBr)CC1. The largest absolute Gasteiger partial charge is 0.507 e. The Morgan fingerprint density at radius 2 is 2.00 bits per heavy atom. The van der Waals surface area contributed by atoms with Crippen LogP contribution in [-0.2, 0) is 0 Å². The lowest BCUT2D eigenvalue weighted by molar-refractivity contribution is 0.0642. The van der Waals surface area contributed by atoms with E-state index in [1.54, 1.807) is 4.90 Å². The summed E-state index contributed by atoms with van der Waals surface area (Å²) in [5.74, 6) is -1.08. The molecule has 1 aromatic rings.